The number of carbonyl (C=O) groups excluding carboxylic acids is 1. The average Bonchev–Trinajstić information content (AvgIpc) is 2.75. The van der Waals surface area contributed by atoms with Gasteiger partial charge in [0, 0.05) is 32.6 Å². The van der Waals surface area contributed by atoms with Gasteiger partial charge >= 0.3 is 0 Å². The van der Waals surface area contributed by atoms with E-state index >= 15 is 0 Å². The van der Waals surface area contributed by atoms with Crippen molar-refractivity contribution in [1.82, 2.24) is 5.32 Å². The summed E-state index contributed by atoms with van der Waals surface area (Å²) in [5, 5.41) is 3.83. The molecule has 106 valence electrons. The molecule has 3 nitrogen and oxygen atoms in total. The predicted molar refractivity (Wildman–Crippen MR) is 93.8 cm³/mol. The van der Waals surface area contributed by atoms with Gasteiger partial charge in [0.15, 0.2) is 0 Å². The van der Waals surface area contributed by atoms with Gasteiger partial charge in [0.1, 0.15) is 4.88 Å². The normalized spacial score (nSPS) is 10.7. The van der Waals surface area contributed by atoms with E-state index in [0.29, 0.717) is 17.1 Å². The Hall–Kier alpha value is -0.980. The second-order valence-electron chi connectivity index (χ2n) is 4.10. The number of rotatable bonds is 6. The minimum absolute atomic E-state index is 0.0981. The van der Waals surface area contributed by atoms with Crippen molar-refractivity contribution in [1.29, 1.82) is 0 Å². The molecule has 1 aromatic heterocycles. The smallest absolute Gasteiger partial charge is 0.263 e. The quantitative estimate of drug-likeness (QED) is 0.598. The van der Waals surface area contributed by atoms with Crippen LogP contribution in [0.25, 0.3) is 10.1 Å². The average molecular weight is 371 g/mol. The Morgan fingerprint density at radius 3 is 3.10 bits per heavy atom. The van der Waals surface area contributed by atoms with Gasteiger partial charge in [-0.05, 0) is 12.1 Å². The standard InChI is InChI=1S/C14H15BrN2OS2/c1-2-6-19-7-5-17-14(18)13-12(16)10-4-3-9(15)8-11(10)20-13/h2-4,8H,1,5-7,16H2,(H,17,18). The van der Waals surface area contributed by atoms with Crippen molar-refractivity contribution in [2.24, 2.45) is 0 Å². The van der Waals surface area contributed by atoms with Crippen LogP contribution in [0.1, 0.15) is 9.67 Å². The van der Waals surface area contributed by atoms with Crippen LogP contribution >= 0.6 is 39.0 Å². The molecule has 0 aliphatic rings. The van der Waals surface area contributed by atoms with Crippen LogP contribution < -0.4 is 11.1 Å². The lowest BCUT2D eigenvalue weighted by Crippen LogP contribution is -2.25. The first-order valence-corrected chi connectivity index (χ1v) is 8.84. The molecular formula is C14H15BrN2OS2. The van der Waals surface area contributed by atoms with Gasteiger partial charge in [0.2, 0.25) is 0 Å². The molecule has 20 heavy (non-hydrogen) atoms. The molecule has 0 atom stereocenters. The second kappa shape index (κ2) is 7.15. The number of halogens is 1. The van der Waals surface area contributed by atoms with E-state index < -0.39 is 0 Å². The summed E-state index contributed by atoms with van der Waals surface area (Å²) in [4.78, 5) is 12.7. The number of thioether (sulfide) groups is 1. The van der Waals surface area contributed by atoms with Crippen LogP contribution in [0.15, 0.2) is 35.3 Å². The van der Waals surface area contributed by atoms with E-state index in [1.54, 1.807) is 11.8 Å². The van der Waals surface area contributed by atoms with E-state index in [9.17, 15) is 4.79 Å². The molecule has 0 aliphatic heterocycles. The summed E-state index contributed by atoms with van der Waals surface area (Å²) >= 11 is 6.58. The molecule has 0 aliphatic carbocycles. The van der Waals surface area contributed by atoms with Gasteiger partial charge in [-0.1, -0.05) is 28.1 Å². The van der Waals surface area contributed by atoms with Crippen LogP contribution in [0, 0.1) is 0 Å². The van der Waals surface area contributed by atoms with Crippen molar-refractivity contribution in [2.75, 3.05) is 23.8 Å². The summed E-state index contributed by atoms with van der Waals surface area (Å²) in [6.07, 6.45) is 1.86. The fraction of sp³-hybridized carbons (Fsp3) is 0.214. The molecule has 1 heterocycles. The number of fused-ring (bicyclic) bond motifs is 1. The van der Waals surface area contributed by atoms with Gasteiger partial charge in [0.05, 0.1) is 5.69 Å². The number of anilines is 1. The molecule has 1 aromatic carbocycles. The first-order valence-electron chi connectivity index (χ1n) is 6.08. The molecular weight excluding hydrogens is 356 g/mol. The summed E-state index contributed by atoms with van der Waals surface area (Å²) < 4.78 is 2.00. The molecule has 0 saturated heterocycles. The molecule has 0 saturated carbocycles. The van der Waals surface area contributed by atoms with Crippen LogP contribution in [0.4, 0.5) is 5.69 Å². The number of hydrogen-bond donors (Lipinski definition) is 2. The summed E-state index contributed by atoms with van der Waals surface area (Å²) in [5.74, 6) is 1.67. The second-order valence-corrected chi connectivity index (χ2v) is 7.22. The Labute approximate surface area is 134 Å². The molecule has 0 unspecified atom stereocenters. The third-order valence-electron chi connectivity index (χ3n) is 2.66. The monoisotopic (exact) mass is 370 g/mol. The SMILES string of the molecule is C=CCSCCNC(=O)c1sc2cc(Br)ccc2c1N. The summed E-state index contributed by atoms with van der Waals surface area (Å²) in [5.41, 5.74) is 6.62. The topological polar surface area (TPSA) is 55.1 Å². The molecule has 3 N–H and O–H groups in total. The Morgan fingerprint density at radius 1 is 1.55 bits per heavy atom. The summed E-state index contributed by atoms with van der Waals surface area (Å²) in [6.45, 7) is 4.29. The fourth-order valence-corrected chi connectivity index (χ4v) is 3.91. The highest BCUT2D eigenvalue weighted by Crippen LogP contribution is 2.35. The number of thiophene rings is 1. The highest BCUT2D eigenvalue weighted by molar-refractivity contribution is 9.10. The molecule has 6 heteroatoms. The van der Waals surface area contributed by atoms with Gasteiger partial charge in [-0.3, -0.25) is 4.79 Å². The predicted octanol–water partition coefficient (Wildman–Crippen LogP) is 3.90. The Bertz CT molecular complexity index is 639. The largest absolute Gasteiger partial charge is 0.397 e. The van der Waals surface area contributed by atoms with Crippen molar-refractivity contribution in [3.05, 3.63) is 40.2 Å². The van der Waals surface area contributed by atoms with Crippen molar-refractivity contribution in [3.8, 4) is 0 Å². The number of nitrogen functional groups attached to an aromatic ring is 1. The van der Waals surface area contributed by atoms with Crippen molar-refractivity contribution < 1.29 is 4.79 Å². The molecule has 0 radical (unpaired) electrons. The lowest BCUT2D eigenvalue weighted by Gasteiger charge is -2.03. The first-order chi connectivity index (χ1) is 9.63. The lowest BCUT2D eigenvalue weighted by molar-refractivity contribution is 0.0961. The number of nitrogens with two attached hydrogens (primary N) is 1. The minimum Gasteiger partial charge on any atom is -0.397 e. The van der Waals surface area contributed by atoms with Crippen LogP contribution in [0.5, 0.6) is 0 Å². The molecule has 2 rings (SSSR count). The van der Waals surface area contributed by atoms with Gasteiger partial charge in [0.25, 0.3) is 5.91 Å². The maximum Gasteiger partial charge on any atom is 0.263 e. The number of benzene rings is 1. The van der Waals surface area contributed by atoms with Crippen LogP contribution in [-0.4, -0.2) is 24.0 Å². The zero-order valence-corrected chi connectivity index (χ0v) is 14.0. The molecule has 1 amide bonds. The van der Waals surface area contributed by atoms with Gasteiger partial charge < -0.3 is 11.1 Å². The van der Waals surface area contributed by atoms with Crippen molar-refractivity contribution in [3.63, 3.8) is 0 Å². The fourth-order valence-electron chi connectivity index (χ4n) is 1.74. The summed E-state index contributed by atoms with van der Waals surface area (Å²) in [7, 11) is 0. The third-order valence-corrected chi connectivity index (χ3v) is 5.29. The van der Waals surface area contributed by atoms with Crippen molar-refractivity contribution >= 4 is 60.7 Å². The van der Waals surface area contributed by atoms with Gasteiger partial charge in [-0.15, -0.1) is 17.9 Å². The van der Waals surface area contributed by atoms with Crippen LogP contribution in [-0.2, 0) is 0 Å². The molecule has 0 spiro atoms. The molecule has 0 fully saturated rings. The van der Waals surface area contributed by atoms with E-state index in [0.717, 1.165) is 26.1 Å². The summed E-state index contributed by atoms with van der Waals surface area (Å²) in [6, 6.07) is 5.84. The number of amides is 1. The Kier molecular flexibility index (Phi) is 5.51. The Morgan fingerprint density at radius 2 is 2.35 bits per heavy atom. The highest BCUT2D eigenvalue weighted by atomic mass is 79.9. The zero-order chi connectivity index (χ0) is 14.5. The third kappa shape index (κ3) is 3.56. The minimum atomic E-state index is -0.0981. The van der Waals surface area contributed by atoms with E-state index in [1.165, 1.54) is 11.3 Å². The highest BCUT2D eigenvalue weighted by Gasteiger charge is 2.15. The van der Waals surface area contributed by atoms with Crippen LogP contribution in [0.3, 0.4) is 0 Å². The maximum absolute atomic E-state index is 12.1. The van der Waals surface area contributed by atoms with Gasteiger partial charge in [-0.2, -0.15) is 11.8 Å². The molecule has 0 bridgehead atoms. The van der Waals surface area contributed by atoms with E-state index in [1.807, 2.05) is 24.3 Å². The Balaban J connectivity index is 2.06. The molecule has 2 aromatic rings. The van der Waals surface area contributed by atoms with Gasteiger partial charge in [-0.25, -0.2) is 0 Å². The van der Waals surface area contributed by atoms with Crippen molar-refractivity contribution in [2.45, 2.75) is 0 Å². The lowest BCUT2D eigenvalue weighted by atomic mass is 10.2. The number of hydrogen-bond acceptors (Lipinski definition) is 4. The zero-order valence-electron chi connectivity index (χ0n) is 10.8. The van der Waals surface area contributed by atoms with E-state index in [2.05, 4.69) is 27.8 Å². The first kappa shape index (κ1) is 15.4. The van der Waals surface area contributed by atoms with Crippen LogP contribution in [0.2, 0.25) is 0 Å². The van der Waals surface area contributed by atoms with E-state index in [-0.39, 0.29) is 5.91 Å². The maximum atomic E-state index is 12.1. The van der Waals surface area contributed by atoms with E-state index in [4.69, 9.17) is 5.73 Å². The number of nitrogens with one attached hydrogen (secondary N) is 1. The number of carbonyl (C=O) groups is 1.